The van der Waals surface area contributed by atoms with Crippen molar-refractivity contribution in [3.63, 3.8) is 0 Å². The molecule has 0 heterocycles. The molecule has 1 atom stereocenters. The second kappa shape index (κ2) is 6.01. The molecule has 0 fully saturated rings. The van der Waals surface area contributed by atoms with Crippen molar-refractivity contribution in [1.82, 2.24) is 0 Å². The summed E-state index contributed by atoms with van der Waals surface area (Å²) in [5, 5.41) is 29.5. The number of esters is 1. The molecule has 19 heavy (non-hydrogen) atoms. The third-order valence-electron chi connectivity index (χ3n) is 2.15. The predicted octanol–water partition coefficient (Wildman–Crippen LogP) is 0.847. The van der Waals surface area contributed by atoms with Gasteiger partial charge in [-0.2, -0.15) is 0 Å². The van der Waals surface area contributed by atoms with Gasteiger partial charge in [0.05, 0.1) is 23.7 Å². The first-order valence-corrected chi connectivity index (χ1v) is 5.27. The summed E-state index contributed by atoms with van der Waals surface area (Å²) in [4.78, 5) is 21.3. The number of rotatable bonds is 5. The van der Waals surface area contributed by atoms with Gasteiger partial charge in [-0.1, -0.05) is 0 Å². The molecular formula is C11H13NO7. The van der Waals surface area contributed by atoms with Crippen LogP contribution in [0.5, 0.6) is 11.5 Å². The molecule has 1 aromatic carbocycles. The molecule has 0 radical (unpaired) electrons. The lowest BCUT2D eigenvalue weighted by atomic mass is 10.1. The molecule has 0 aliphatic heterocycles. The van der Waals surface area contributed by atoms with Crippen molar-refractivity contribution in [2.75, 3.05) is 13.7 Å². The van der Waals surface area contributed by atoms with Gasteiger partial charge in [0.1, 0.15) is 6.61 Å². The van der Waals surface area contributed by atoms with Crippen molar-refractivity contribution in [2.45, 2.75) is 13.0 Å². The Balaban J connectivity index is 3.23. The summed E-state index contributed by atoms with van der Waals surface area (Å²) in [6, 6.07) is 1.99. The van der Waals surface area contributed by atoms with E-state index in [0.717, 1.165) is 19.2 Å². The Hall–Kier alpha value is -2.35. The van der Waals surface area contributed by atoms with Gasteiger partial charge in [0.25, 0.3) is 0 Å². The van der Waals surface area contributed by atoms with E-state index in [0.29, 0.717) is 0 Å². The minimum Gasteiger partial charge on any atom is -0.500 e. The molecule has 0 bridgehead atoms. The second-order valence-corrected chi connectivity index (χ2v) is 3.75. The van der Waals surface area contributed by atoms with Gasteiger partial charge in [0.2, 0.25) is 5.75 Å². The standard InChI is InChI=1S/C11H13NO7/c1-6(13)5-19-9-4-7(11(15)18-2)3-8(10(9)14)12(16)17/h3-4,6,13-14H,5H2,1-2H3. The number of aromatic hydroxyl groups is 1. The molecule has 8 heteroatoms. The normalized spacial score (nSPS) is 11.7. The molecule has 0 saturated carbocycles. The third-order valence-corrected chi connectivity index (χ3v) is 2.15. The molecule has 0 aromatic heterocycles. The van der Waals surface area contributed by atoms with Gasteiger partial charge in [-0.3, -0.25) is 10.1 Å². The van der Waals surface area contributed by atoms with E-state index >= 15 is 0 Å². The van der Waals surface area contributed by atoms with Gasteiger partial charge in [0, 0.05) is 6.07 Å². The Bertz CT molecular complexity index is 498. The maximum atomic E-state index is 11.4. The van der Waals surface area contributed by atoms with E-state index in [1.54, 1.807) is 0 Å². The highest BCUT2D eigenvalue weighted by molar-refractivity contribution is 5.91. The lowest BCUT2D eigenvalue weighted by Gasteiger charge is -2.11. The van der Waals surface area contributed by atoms with Crippen molar-refractivity contribution in [3.8, 4) is 11.5 Å². The Kier molecular flexibility index (Phi) is 4.65. The van der Waals surface area contributed by atoms with Crippen LogP contribution in [0, 0.1) is 10.1 Å². The topological polar surface area (TPSA) is 119 Å². The van der Waals surface area contributed by atoms with Gasteiger partial charge in [-0.25, -0.2) is 4.79 Å². The maximum Gasteiger partial charge on any atom is 0.338 e. The van der Waals surface area contributed by atoms with Crippen LogP contribution in [-0.2, 0) is 4.74 Å². The quantitative estimate of drug-likeness (QED) is 0.462. The number of carbonyl (C=O) groups excluding carboxylic acids is 1. The summed E-state index contributed by atoms with van der Waals surface area (Å²) in [6.45, 7) is 1.25. The zero-order valence-corrected chi connectivity index (χ0v) is 10.3. The minimum atomic E-state index is -0.850. The van der Waals surface area contributed by atoms with Crippen molar-refractivity contribution < 1.29 is 29.4 Å². The number of hydrogen-bond acceptors (Lipinski definition) is 7. The van der Waals surface area contributed by atoms with Crippen LogP contribution >= 0.6 is 0 Å². The first kappa shape index (κ1) is 14.7. The number of phenols is 1. The summed E-state index contributed by atoms with van der Waals surface area (Å²) < 4.78 is 9.46. The largest absolute Gasteiger partial charge is 0.500 e. The minimum absolute atomic E-state index is 0.132. The summed E-state index contributed by atoms with van der Waals surface area (Å²) >= 11 is 0. The van der Waals surface area contributed by atoms with E-state index in [2.05, 4.69) is 4.74 Å². The molecule has 1 rings (SSSR count). The number of methoxy groups -OCH3 is 1. The van der Waals surface area contributed by atoms with Crippen LogP contribution in [0.2, 0.25) is 0 Å². The maximum absolute atomic E-state index is 11.4. The van der Waals surface area contributed by atoms with E-state index in [4.69, 9.17) is 9.84 Å². The molecule has 104 valence electrons. The lowest BCUT2D eigenvalue weighted by molar-refractivity contribution is -0.386. The van der Waals surface area contributed by atoms with Crippen LogP contribution in [-0.4, -0.2) is 40.9 Å². The highest BCUT2D eigenvalue weighted by atomic mass is 16.6. The van der Waals surface area contributed by atoms with Gasteiger partial charge >= 0.3 is 11.7 Å². The molecule has 0 saturated heterocycles. The fourth-order valence-corrected chi connectivity index (χ4v) is 1.29. The third kappa shape index (κ3) is 3.55. The number of carbonyl (C=O) groups is 1. The number of hydrogen-bond donors (Lipinski definition) is 2. The number of nitro groups is 1. The van der Waals surface area contributed by atoms with Crippen LogP contribution in [0.15, 0.2) is 12.1 Å². The van der Waals surface area contributed by atoms with Crippen LogP contribution in [0.4, 0.5) is 5.69 Å². The zero-order chi connectivity index (χ0) is 14.6. The molecule has 1 unspecified atom stereocenters. The Morgan fingerprint density at radius 3 is 2.63 bits per heavy atom. The zero-order valence-electron chi connectivity index (χ0n) is 10.3. The first-order valence-electron chi connectivity index (χ1n) is 5.27. The first-order chi connectivity index (χ1) is 8.86. The summed E-state index contributed by atoms with van der Waals surface area (Å²) in [5.41, 5.74) is -0.809. The van der Waals surface area contributed by atoms with Crippen molar-refractivity contribution in [3.05, 3.63) is 27.8 Å². The number of aliphatic hydroxyl groups excluding tert-OH is 1. The molecule has 0 aliphatic carbocycles. The van der Waals surface area contributed by atoms with Gasteiger partial charge in [-0.15, -0.1) is 0 Å². The average molecular weight is 271 g/mol. The van der Waals surface area contributed by atoms with Crippen LogP contribution < -0.4 is 4.74 Å². The van der Waals surface area contributed by atoms with Crippen molar-refractivity contribution >= 4 is 11.7 Å². The van der Waals surface area contributed by atoms with Gasteiger partial charge < -0.3 is 19.7 Å². The fraction of sp³-hybridized carbons (Fsp3) is 0.364. The SMILES string of the molecule is COC(=O)c1cc(OCC(C)O)c(O)c([N+](=O)[O-])c1. The number of phenolic OH excluding ortho intramolecular Hbond substituents is 1. The number of nitrogens with zero attached hydrogens (tertiary/aromatic N) is 1. The van der Waals surface area contributed by atoms with E-state index in [1.165, 1.54) is 6.92 Å². The molecule has 8 nitrogen and oxygen atoms in total. The second-order valence-electron chi connectivity index (χ2n) is 3.75. The summed E-state index contributed by atoms with van der Waals surface area (Å²) in [6.07, 6.45) is -0.833. The summed E-state index contributed by atoms with van der Waals surface area (Å²) in [5.74, 6) is -1.78. The molecule has 1 aromatic rings. The average Bonchev–Trinajstić information content (AvgIpc) is 2.36. The van der Waals surface area contributed by atoms with Crippen LogP contribution in [0.1, 0.15) is 17.3 Å². The monoisotopic (exact) mass is 271 g/mol. The smallest absolute Gasteiger partial charge is 0.338 e. The molecule has 0 amide bonds. The molecule has 0 aliphatic rings. The lowest BCUT2D eigenvalue weighted by Crippen LogP contribution is -2.13. The van der Waals surface area contributed by atoms with Crippen LogP contribution in [0.25, 0.3) is 0 Å². The highest BCUT2D eigenvalue weighted by Gasteiger charge is 2.23. The predicted molar refractivity (Wildman–Crippen MR) is 63.3 cm³/mol. The van der Waals surface area contributed by atoms with Crippen molar-refractivity contribution in [1.29, 1.82) is 0 Å². The molecule has 0 spiro atoms. The van der Waals surface area contributed by atoms with E-state index in [-0.39, 0.29) is 17.9 Å². The number of ether oxygens (including phenoxy) is 2. The van der Waals surface area contributed by atoms with E-state index in [1.807, 2.05) is 0 Å². The van der Waals surface area contributed by atoms with Gasteiger partial charge in [0.15, 0.2) is 5.75 Å². The van der Waals surface area contributed by atoms with Gasteiger partial charge in [-0.05, 0) is 13.0 Å². The Morgan fingerprint density at radius 1 is 1.53 bits per heavy atom. The molecule has 2 N–H and O–H groups in total. The Labute approximate surface area is 108 Å². The van der Waals surface area contributed by atoms with Crippen LogP contribution in [0.3, 0.4) is 0 Å². The Morgan fingerprint density at radius 2 is 2.16 bits per heavy atom. The van der Waals surface area contributed by atoms with E-state index < -0.39 is 28.4 Å². The fourth-order valence-electron chi connectivity index (χ4n) is 1.29. The van der Waals surface area contributed by atoms with E-state index in [9.17, 15) is 20.0 Å². The molecular weight excluding hydrogens is 258 g/mol. The number of benzene rings is 1. The number of aliphatic hydroxyl groups is 1. The number of nitro benzene ring substituents is 1. The highest BCUT2D eigenvalue weighted by Crippen LogP contribution is 2.37. The summed E-state index contributed by atoms with van der Waals surface area (Å²) in [7, 11) is 1.12. The van der Waals surface area contributed by atoms with Crippen molar-refractivity contribution in [2.24, 2.45) is 0 Å².